The predicted octanol–water partition coefficient (Wildman–Crippen LogP) is 6.67. The van der Waals surface area contributed by atoms with Crippen LogP contribution in [0.1, 0.15) is 49.6 Å². The van der Waals surface area contributed by atoms with Gasteiger partial charge in [0.15, 0.2) is 0 Å². The van der Waals surface area contributed by atoms with Crippen LogP contribution in [0.3, 0.4) is 0 Å². The fraction of sp³-hybridized carbons (Fsp3) is 0.379. The van der Waals surface area contributed by atoms with Crippen LogP contribution in [0.5, 0.6) is 0 Å². The van der Waals surface area contributed by atoms with E-state index < -0.39 is 11.7 Å². The largest absolute Gasteiger partial charge is 0.418 e. The lowest BCUT2D eigenvalue weighted by molar-refractivity contribution is -0.0908. The van der Waals surface area contributed by atoms with Crippen molar-refractivity contribution < 1.29 is 13.2 Å². The van der Waals surface area contributed by atoms with Gasteiger partial charge in [-0.1, -0.05) is 44.4 Å². The topological polar surface area (TPSA) is 40.4 Å². The van der Waals surface area contributed by atoms with Crippen molar-refractivity contribution in [1.82, 2.24) is 24.6 Å². The van der Waals surface area contributed by atoms with E-state index in [1.54, 1.807) is 23.5 Å². The molecule has 0 unspecified atom stereocenters. The van der Waals surface area contributed by atoms with Gasteiger partial charge in [-0.2, -0.15) is 13.2 Å². The minimum atomic E-state index is -4.45. The van der Waals surface area contributed by atoms with Gasteiger partial charge in [0.2, 0.25) is 0 Å². The monoisotopic (exact) mass is 526 g/mol. The fourth-order valence-electron chi connectivity index (χ4n) is 3.99. The van der Waals surface area contributed by atoms with Crippen LogP contribution >= 0.6 is 0 Å². The van der Waals surface area contributed by atoms with Crippen molar-refractivity contribution in [1.29, 1.82) is 0 Å². The highest BCUT2D eigenvalue weighted by Crippen LogP contribution is 2.42. The van der Waals surface area contributed by atoms with E-state index in [1.165, 1.54) is 42.9 Å². The van der Waals surface area contributed by atoms with Gasteiger partial charge in [-0.15, -0.1) is 16.8 Å². The number of anilines is 1. The van der Waals surface area contributed by atoms with Crippen LogP contribution in [-0.4, -0.2) is 44.8 Å². The van der Waals surface area contributed by atoms with Crippen molar-refractivity contribution in [2.24, 2.45) is 7.05 Å². The number of nitrogens with zero attached hydrogens (tertiary/aromatic N) is 6. The lowest BCUT2D eigenvalue weighted by atomic mass is 10.0. The predicted molar refractivity (Wildman–Crippen MR) is 147 cm³/mol. The summed E-state index contributed by atoms with van der Waals surface area (Å²) >= 11 is 0. The summed E-state index contributed by atoms with van der Waals surface area (Å²) in [6.07, 6.45) is 11.0. The highest BCUT2D eigenvalue weighted by Gasteiger charge is 2.42. The van der Waals surface area contributed by atoms with Gasteiger partial charge >= 0.3 is 6.18 Å². The first-order chi connectivity index (χ1) is 18.0. The number of rotatable bonds is 5. The van der Waals surface area contributed by atoms with Crippen LogP contribution in [-0.2, 0) is 20.0 Å². The third-order valence-electron chi connectivity index (χ3n) is 6.13. The van der Waals surface area contributed by atoms with E-state index in [2.05, 4.69) is 29.4 Å². The number of alkyl halides is 3. The third kappa shape index (κ3) is 7.25. The number of aromatic nitrogens is 3. The van der Waals surface area contributed by atoms with Crippen molar-refractivity contribution in [2.75, 3.05) is 19.0 Å². The lowest BCUT2D eigenvalue weighted by Crippen LogP contribution is -2.25. The molecule has 38 heavy (non-hydrogen) atoms. The highest BCUT2D eigenvalue weighted by atomic mass is 19.4. The maximum atomic E-state index is 13.5. The Morgan fingerprint density at radius 1 is 1.05 bits per heavy atom. The molecule has 204 valence electrons. The molecule has 1 saturated carbocycles. The van der Waals surface area contributed by atoms with Crippen molar-refractivity contribution in [3.05, 3.63) is 102 Å². The lowest BCUT2D eigenvalue weighted by Gasteiger charge is -2.26. The van der Waals surface area contributed by atoms with Gasteiger partial charge < -0.3 is 19.3 Å². The molecule has 1 aromatic heterocycles. The molecule has 2 aromatic rings. The minimum absolute atomic E-state index is 0.0628. The Balaban J connectivity index is 0.000000503. The fourth-order valence-corrected chi connectivity index (χ4v) is 3.99. The molecule has 1 fully saturated rings. The number of aryl methyl sites for hydroxylation is 1. The maximum absolute atomic E-state index is 13.5. The molecule has 3 heterocycles. The van der Waals surface area contributed by atoms with Crippen LogP contribution in [0.2, 0.25) is 0 Å². The third-order valence-corrected chi connectivity index (χ3v) is 6.13. The molecular formula is C29H37F3N6. The molecule has 0 amide bonds. The molecule has 2 aliphatic heterocycles. The molecule has 5 rings (SSSR count). The van der Waals surface area contributed by atoms with Crippen LogP contribution in [0.25, 0.3) is 0 Å². The summed E-state index contributed by atoms with van der Waals surface area (Å²) < 4.78 is 42.4. The molecule has 0 atom stereocenters. The SMILES string of the molecule is C1CCC1.C=C1N2C=CC=C(C(F)(F)F)C2=CN1c1cc(Cc2nncn2C)cc(CN(C)C)c1.C=CC. The summed E-state index contributed by atoms with van der Waals surface area (Å²) in [5.74, 6) is 1.24. The summed E-state index contributed by atoms with van der Waals surface area (Å²) in [5.41, 5.74) is 2.15. The summed E-state index contributed by atoms with van der Waals surface area (Å²) in [6, 6.07) is 6.01. The van der Waals surface area contributed by atoms with E-state index in [0.717, 1.165) is 28.7 Å². The van der Waals surface area contributed by atoms with E-state index in [1.807, 2.05) is 49.7 Å². The Hall–Kier alpha value is -3.59. The summed E-state index contributed by atoms with van der Waals surface area (Å²) in [5, 5.41) is 8.07. The van der Waals surface area contributed by atoms with Crippen LogP contribution in [0, 0.1) is 0 Å². The second-order valence-electron chi connectivity index (χ2n) is 9.69. The summed E-state index contributed by atoms with van der Waals surface area (Å²) in [7, 11) is 5.82. The van der Waals surface area contributed by atoms with Gasteiger partial charge in [-0.3, -0.25) is 0 Å². The molecule has 3 aliphatic rings. The van der Waals surface area contributed by atoms with Crippen molar-refractivity contribution >= 4 is 5.69 Å². The first-order valence-corrected chi connectivity index (χ1v) is 12.7. The number of hydrogen-bond donors (Lipinski definition) is 0. The van der Waals surface area contributed by atoms with Gasteiger partial charge in [0.25, 0.3) is 0 Å². The van der Waals surface area contributed by atoms with E-state index in [4.69, 9.17) is 0 Å². The molecule has 1 aromatic carbocycles. The number of allylic oxidation sites excluding steroid dienone is 4. The Labute approximate surface area is 223 Å². The molecule has 6 nitrogen and oxygen atoms in total. The molecule has 0 saturated heterocycles. The molecule has 9 heteroatoms. The van der Waals surface area contributed by atoms with E-state index in [9.17, 15) is 13.2 Å². The molecular weight excluding hydrogens is 489 g/mol. The summed E-state index contributed by atoms with van der Waals surface area (Å²) in [6.45, 7) is 9.98. The van der Waals surface area contributed by atoms with Crippen LogP contribution in [0.4, 0.5) is 18.9 Å². The van der Waals surface area contributed by atoms with Crippen molar-refractivity contribution in [3.63, 3.8) is 0 Å². The highest BCUT2D eigenvalue weighted by molar-refractivity contribution is 5.64. The standard InChI is InChI=1S/C22H23F3N6.C4H8.C3H6/c1-15-30-7-5-6-19(22(23,24)25)20(30)13-31(15)18-9-16(8-17(10-18)12-28(2)3)11-21-27-26-14-29(21)4;1-2-4-3-1;1-3-2/h5-10,13-14H,1,11-12H2,2-4H3;1-4H2;3H,1H2,2H3. The van der Waals surface area contributed by atoms with E-state index in [0.29, 0.717) is 18.8 Å². The number of hydrogen-bond acceptors (Lipinski definition) is 5. The first kappa shape index (κ1) is 29.0. The maximum Gasteiger partial charge on any atom is 0.418 e. The Morgan fingerprint density at radius 3 is 2.21 bits per heavy atom. The number of fused-ring (bicyclic) bond motifs is 1. The van der Waals surface area contributed by atoms with Gasteiger partial charge in [0.1, 0.15) is 18.0 Å². The average molecular weight is 527 g/mol. The average Bonchev–Trinajstić information content (AvgIpc) is 3.34. The first-order valence-electron chi connectivity index (χ1n) is 12.7. The number of benzene rings is 1. The van der Waals surface area contributed by atoms with Gasteiger partial charge in [0, 0.05) is 38.1 Å². The second-order valence-corrected chi connectivity index (χ2v) is 9.69. The number of halogens is 3. The Kier molecular flexibility index (Phi) is 9.74. The van der Waals surface area contributed by atoms with Gasteiger partial charge in [-0.05, 0) is 56.4 Å². The Bertz CT molecular complexity index is 1210. The van der Waals surface area contributed by atoms with Crippen LogP contribution < -0.4 is 4.90 Å². The normalized spacial score (nSPS) is 16.1. The van der Waals surface area contributed by atoms with Gasteiger partial charge in [0.05, 0.1) is 11.3 Å². The molecule has 1 aliphatic carbocycles. The quantitative estimate of drug-likeness (QED) is 0.407. The van der Waals surface area contributed by atoms with Gasteiger partial charge in [-0.25, -0.2) is 0 Å². The smallest absolute Gasteiger partial charge is 0.320 e. The van der Waals surface area contributed by atoms with E-state index >= 15 is 0 Å². The zero-order valence-corrected chi connectivity index (χ0v) is 22.7. The molecule has 0 radical (unpaired) electrons. The van der Waals surface area contributed by atoms with Crippen molar-refractivity contribution in [2.45, 2.75) is 51.7 Å². The van der Waals surface area contributed by atoms with Crippen molar-refractivity contribution in [3.8, 4) is 0 Å². The Morgan fingerprint density at radius 2 is 1.68 bits per heavy atom. The molecule has 0 bridgehead atoms. The van der Waals surface area contributed by atoms with Crippen LogP contribution in [0.15, 0.2) is 85.4 Å². The second kappa shape index (κ2) is 12.8. The molecule has 0 N–H and O–H groups in total. The van der Waals surface area contributed by atoms with E-state index in [-0.39, 0.29) is 5.70 Å². The zero-order chi connectivity index (χ0) is 27.9. The molecule has 0 spiro atoms. The zero-order valence-electron chi connectivity index (χ0n) is 22.7. The minimum Gasteiger partial charge on any atom is -0.320 e. The summed E-state index contributed by atoms with van der Waals surface area (Å²) in [4.78, 5) is 5.20.